The molecule has 0 unspecified atom stereocenters. The maximum Gasteiger partial charge on any atom is 0.341 e. The molecule has 3 aromatic carbocycles. The van der Waals surface area contributed by atoms with Crippen molar-refractivity contribution in [3.8, 4) is 33.8 Å². The molecule has 8 nitrogen and oxygen atoms in total. The summed E-state index contributed by atoms with van der Waals surface area (Å²) in [6.45, 7) is 15.1. The first-order valence-corrected chi connectivity index (χ1v) is 16.6. The highest BCUT2D eigenvalue weighted by molar-refractivity contribution is 5.90. The molecule has 0 saturated heterocycles. The average molecular weight is 667 g/mol. The van der Waals surface area contributed by atoms with Crippen molar-refractivity contribution in [3.05, 3.63) is 109 Å². The van der Waals surface area contributed by atoms with E-state index < -0.39 is 11.9 Å². The van der Waals surface area contributed by atoms with E-state index in [-0.39, 0.29) is 31.4 Å². The van der Waals surface area contributed by atoms with Crippen LogP contribution in [-0.2, 0) is 28.6 Å². The number of ether oxygens (including phenoxy) is 5. The molecule has 258 valence electrons. The number of carbonyl (C=O) groups is 3. The van der Waals surface area contributed by atoms with Crippen LogP contribution in [-0.4, -0.2) is 51.4 Å². The summed E-state index contributed by atoms with van der Waals surface area (Å²) < 4.78 is 26.9. The average Bonchev–Trinajstić information content (AvgIpc) is 3.10. The van der Waals surface area contributed by atoms with Crippen molar-refractivity contribution in [2.75, 3.05) is 33.5 Å². The normalized spacial score (nSPS) is 15.5. The van der Waals surface area contributed by atoms with Crippen molar-refractivity contribution in [2.45, 2.75) is 51.9 Å². The fourth-order valence-corrected chi connectivity index (χ4v) is 5.82. The minimum atomic E-state index is -0.519. The van der Waals surface area contributed by atoms with E-state index in [1.54, 1.807) is 26.0 Å². The van der Waals surface area contributed by atoms with Gasteiger partial charge >= 0.3 is 17.9 Å². The molecular formula is C41H46O8. The minimum Gasteiger partial charge on any atom is -0.490 e. The van der Waals surface area contributed by atoms with E-state index in [0.29, 0.717) is 35.3 Å². The molecule has 0 spiro atoms. The summed E-state index contributed by atoms with van der Waals surface area (Å²) in [6, 6.07) is 21.9. The lowest BCUT2D eigenvalue weighted by Crippen LogP contribution is -2.17. The van der Waals surface area contributed by atoms with Crippen LogP contribution >= 0.6 is 0 Å². The highest BCUT2D eigenvalue weighted by Gasteiger charge is 2.25. The van der Waals surface area contributed by atoms with E-state index in [2.05, 4.69) is 56.1 Å². The summed E-state index contributed by atoms with van der Waals surface area (Å²) >= 11 is 0. The van der Waals surface area contributed by atoms with E-state index in [0.717, 1.165) is 60.1 Å². The fourth-order valence-electron chi connectivity index (χ4n) is 5.82. The maximum absolute atomic E-state index is 12.2. The van der Waals surface area contributed by atoms with E-state index in [9.17, 15) is 14.4 Å². The Labute approximate surface area is 289 Å². The second-order valence-corrected chi connectivity index (χ2v) is 12.5. The quantitative estimate of drug-likeness (QED) is 0.0651. The predicted octanol–water partition coefficient (Wildman–Crippen LogP) is 8.41. The van der Waals surface area contributed by atoms with Crippen LogP contribution in [0.4, 0.5) is 0 Å². The third-order valence-electron chi connectivity index (χ3n) is 8.55. The molecule has 0 heterocycles. The molecule has 0 aliphatic heterocycles. The van der Waals surface area contributed by atoms with Crippen molar-refractivity contribution in [1.82, 2.24) is 0 Å². The van der Waals surface area contributed by atoms with Gasteiger partial charge in [-0.15, -0.1) is 0 Å². The zero-order valence-electron chi connectivity index (χ0n) is 28.8. The van der Waals surface area contributed by atoms with Crippen molar-refractivity contribution in [1.29, 1.82) is 0 Å². The molecule has 3 aromatic rings. The molecule has 0 aromatic heterocycles. The highest BCUT2D eigenvalue weighted by atomic mass is 16.6. The molecule has 8 heteroatoms. The second-order valence-electron chi connectivity index (χ2n) is 12.5. The van der Waals surface area contributed by atoms with Gasteiger partial charge in [0.15, 0.2) is 0 Å². The standard InChI is InChI=1S/C41H46O8/c1-27(2)39(42)47-22-21-30-7-9-34(10-8-30)38-25-36(46-23-24-48-40(43)28(3)4)19-20-37(38)33-13-11-31(12-14-33)32-15-17-35(18-16-32)49-41(44)29(5)26-45-6/h11-20,25,30,34H,1,3,5,7-10,21-24,26H2,2,4,6H3. The van der Waals surface area contributed by atoms with Gasteiger partial charge in [-0.2, -0.15) is 0 Å². The van der Waals surface area contributed by atoms with Crippen molar-refractivity contribution < 1.29 is 38.1 Å². The van der Waals surface area contributed by atoms with Gasteiger partial charge < -0.3 is 23.7 Å². The smallest absolute Gasteiger partial charge is 0.341 e. The Bertz CT molecular complexity index is 1640. The molecule has 0 radical (unpaired) electrons. The van der Waals surface area contributed by atoms with Crippen molar-refractivity contribution >= 4 is 17.9 Å². The third kappa shape index (κ3) is 10.8. The number of rotatable bonds is 16. The lowest BCUT2D eigenvalue weighted by Gasteiger charge is -2.30. The van der Waals surface area contributed by atoms with E-state index in [4.69, 9.17) is 23.7 Å². The van der Waals surface area contributed by atoms with Gasteiger partial charge in [-0.1, -0.05) is 62.2 Å². The first-order valence-electron chi connectivity index (χ1n) is 16.6. The van der Waals surface area contributed by atoms with E-state index >= 15 is 0 Å². The Balaban J connectivity index is 1.47. The fraction of sp³-hybridized carbons (Fsp3) is 0.341. The SMILES string of the molecule is C=C(C)C(=O)OCCOc1ccc(-c2ccc(-c3ccc(OC(=O)C(=C)COC)cc3)cc2)c(C2CCC(CCOC(=O)C(=C)C)CC2)c1. The van der Waals surface area contributed by atoms with Gasteiger partial charge in [0.1, 0.15) is 24.7 Å². The number of benzene rings is 3. The summed E-state index contributed by atoms with van der Waals surface area (Å²) in [4.78, 5) is 35.7. The van der Waals surface area contributed by atoms with Crippen LogP contribution in [0.1, 0.15) is 57.4 Å². The molecule has 4 rings (SSSR count). The first kappa shape index (κ1) is 36.9. The van der Waals surface area contributed by atoms with Crippen LogP contribution in [0.15, 0.2) is 103 Å². The summed E-state index contributed by atoms with van der Waals surface area (Å²) in [7, 11) is 1.50. The van der Waals surface area contributed by atoms with Crippen LogP contribution in [0, 0.1) is 5.92 Å². The lowest BCUT2D eigenvalue weighted by molar-refractivity contribution is -0.140. The van der Waals surface area contributed by atoms with Crippen LogP contribution in [0.2, 0.25) is 0 Å². The van der Waals surface area contributed by atoms with Gasteiger partial charge in [-0.05, 0) is 110 Å². The Morgan fingerprint density at radius 3 is 1.82 bits per heavy atom. The molecule has 0 N–H and O–H groups in total. The number of esters is 3. The predicted molar refractivity (Wildman–Crippen MR) is 190 cm³/mol. The minimum absolute atomic E-state index is 0.115. The topological polar surface area (TPSA) is 97.4 Å². The molecule has 1 aliphatic rings. The van der Waals surface area contributed by atoms with Gasteiger partial charge in [0.05, 0.1) is 18.8 Å². The molecule has 0 atom stereocenters. The number of carbonyl (C=O) groups excluding carboxylic acids is 3. The Kier molecular flexibility index (Phi) is 13.5. The second kappa shape index (κ2) is 18.0. The highest BCUT2D eigenvalue weighted by Crippen LogP contribution is 2.42. The van der Waals surface area contributed by atoms with Gasteiger partial charge in [-0.25, -0.2) is 14.4 Å². The van der Waals surface area contributed by atoms with Crippen LogP contribution < -0.4 is 9.47 Å². The Morgan fingerprint density at radius 1 is 0.673 bits per heavy atom. The zero-order valence-corrected chi connectivity index (χ0v) is 28.8. The number of hydrogen-bond acceptors (Lipinski definition) is 8. The lowest BCUT2D eigenvalue weighted by atomic mass is 9.76. The van der Waals surface area contributed by atoms with Crippen LogP contribution in [0.5, 0.6) is 11.5 Å². The van der Waals surface area contributed by atoms with Gasteiger partial charge in [0.25, 0.3) is 0 Å². The molecule has 0 amide bonds. The zero-order chi connectivity index (χ0) is 35.3. The van der Waals surface area contributed by atoms with Gasteiger partial charge in [0.2, 0.25) is 0 Å². The van der Waals surface area contributed by atoms with Crippen molar-refractivity contribution in [2.24, 2.45) is 5.92 Å². The molecule has 1 fully saturated rings. The third-order valence-corrected chi connectivity index (χ3v) is 8.55. The van der Waals surface area contributed by atoms with Crippen molar-refractivity contribution in [3.63, 3.8) is 0 Å². The molecule has 1 saturated carbocycles. The van der Waals surface area contributed by atoms with E-state index in [1.165, 1.54) is 12.7 Å². The maximum atomic E-state index is 12.2. The monoisotopic (exact) mass is 666 g/mol. The summed E-state index contributed by atoms with van der Waals surface area (Å²) in [6.07, 6.45) is 4.96. The molecule has 0 bridgehead atoms. The molecular weight excluding hydrogens is 620 g/mol. The summed E-state index contributed by atoms with van der Waals surface area (Å²) in [5.41, 5.74) is 6.50. The number of hydrogen-bond donors (Lipinski definition) is 0. The molecule has 1 aliphatic carbocycles. The summed E-state index contributed by atoms with van der Waals surface area (Å²) in [5.74, 6) is 0.710. The molecule has 49 heavy (non-hydrogen) atoms. The Hall–Kier alpha value is -4.95. The summed E-state index contributed by atoms with van der Waals surface area (Å²) in [5, 5.41) is 0. The first-order chi connectivity index (χ1) is 23.5. The largest absolute Gasteiger partial charge is 0.490 e. The van der Waals surface area contributed by atoms with Gasteiger partial charge in [-0.3, -0.25) is 0 Å². The van der Waals surface area contributed by atoms with Crippen LogP contribution in [0.3, 0.4) is 0 Å². The van der Waals surface area contributed by atoms with Crippen LogP contribution in [0.25, 0.3) is 22.3 Å². The number of methoxy groups -OCH3 is 1. The Morgan fingerprint density at radius 2 is 1.22 bits per heavy atom. The van der Waals surface area contributed by atoms with Gasteiger partial charge in [0, 0.05) is 18.3 Å². The van der Waals surface area contributed by atoms with E-state index in [1.807, 2.05) is 18.2 Å².